The third kappa shape index (κ3) is 1.25. The van der Waals surface area contributed by atoms with Crippen LogP contribution in [0.5, 0.6) is 0 Å². The van der Waals surface area contributed by atoms with Crippen molar-refractivity contribution >= 4 is 27.3 Å². The number of hydrogen-bond acceptors (Lipinski definition) is 1. The second-order valence-corrected chi connectivity index (χ2v) is 2.17. The Kier molecular flexibility index (Phi) is 1.95. The highest BCUT2D eigenvalue weighted by atomic mass is 127. The molecule has 1 aromatic heterocycles. The van der Waals surface area contributed by atoms with Crippen molar-refractivity contribution in [3.8, 4) is 0 Å². The summed E-state index contributed by atoms with van der Waals surface area (Å²) < 4.78 is 12.6. The van der Waals surface area contributed by atoms with Gasteiger partial charge < -0.3 is 0 Å². The summed E-state index contributed by atoms with van der Waals surface area (Å²) in [4.78, 5) is 0. The van der Waals surface area contributed by atoms with Crippen LogP contribution in [0.1, 0.15) is 0 Å². The van der Waals surface area contributed by atoms with Crippen molar-refractivity contribution in [2.24, 2.45) is 0 Å². The van der Waals surface area contributed by atoms with E-state index in [4.69, 9.17) is 0 Å². The summed E-state index contributed by atoms with van der Waals surface area (Å²) >= 11 is -1.10. The molecule has 44 valence electrons. The molecular formula is C3H5IN3O+. The molecule has 0 unspecified atom stereocenters. The van der Waals surface area contributed by atoms with Crippen molar-refractivity contribution in [3.63, 3.8) is 0 Å². The minimum absolute atomic E-state index is 0.771. The molecule has 1 rings (SSSR count). The van der Waals surface area contributed by atoms with Gasteiger partial charge in [0.1, 0.15) is 0 Å². The lowest BCUT2D eigenvalue weighted by molar-refractivity contribution is -0.447. The highest BCUT2D eigenvalue weighted by Gasteiger charge is 1.90. The molecule has 0 radical (unpaired) electrons. The van der Waals surface area contributed by atoms with Crippen LogP contribution in [0.15, 0.2) is 12.3 Å². The van der Waals surface area contributed by atoms with Gasteiger partial charge in [-0.3, -0.25) is 3.53 Å². The summed E-state index contributed by atoms with van der Waals surface area (Å²) in [5.74, 6) is 0.771. The van der Waals surface area contributed by atoms with Gasteiger partial charge in [0.15, 0.2) is 12.0 Å². The lowest BCUT2D eigenvalue weighted by atomic mass is 10.7. The topological polar surface area (TPSA) is 59.0 Å². The fraction of sp³-hybridized carbons (Fsp3) is 0. The maximum absolute atomic E-state index is 9.96. The summed E-state index contributed by atoms with van der Waals surface area (Å²) in [5.41, 5.74) is 0. The van der Waals surface area contributed by atoms with Crippen LogP contribution in [0.25, 0.3) is 0 Å². The highest BCUT2D eigenvalue weighted by Crippen LogP contribution is 2.01. The molecule has 3 N–H and O–H groups in total. The van der Waals surface area contributed by atoms with Crippen LogP contribution in [-0.2, 0) is 3.07 Å². The predicted octanol–water partition coefficient (Wildman–Crippen LogP) is 0.472. The van der Waals surface area contributed by atoms with Gasteiger partial charge in [0.2, 0.25) is 0 Å². The van der Waals surface area contributed by atoms with E-state index in [0.29, 0.717) is 0 Å². The van der Waals surface area contributed by atoms with Gasteiger partial charge in [-0.15, -0.1) is 5.10 Å². The molecule has 4 nitrogen and oxygen atoms in total. The summed E-state index contributed by atoms with van der Waals surface area (Å²) in [6.07, 6.45) is 1.72. The molecule has 0 saturated heterocycles. The SMILES string of the molecule is O=INc1cc[nH+][nH]1. The molecule has 0 bridgehead atoms. The van der Waals surface area contributed by atoms with E-state index in [-0.39, 0.29) is 0 Å². The molecule has 0 amide bonds. The maximum Gasteiger partial charge on any atom is 0.272 e. The number of rotatable bonds is 2. The van der Waals surface area contributed by atoms with E-state index >= 15 is 0 Å². The lowest BCUT2D eigenvalue weighted by Gasteiger charge is -1.79. The van der Waals surface area contributed by atoms with Crippen LogP contribution < -0.4 is 8.63 Å². The number of halogens is 1. The molecule has 0 spiro atoms. The Balaban J connectivity index is 2.62. The average molecular weight is 226 g/mol. The van der Waals surface area contributed by atoms with Crippen molar-refractivity contribution in [1.82, 2.24) is 5.10 Å². The molecule has 1 aromatic rings. The Morgan fingerprint density at radius 2 is 2.75 bits per heavy atom. The fourth-order valence-corrected chi connectivity index (χ4v) is 0.935. The second kappa shape index (κ2) is 2.75. The molecule has 0 aliphatic heterocycles. The zero-order chi connectivity index (χ0) is 5.82. The van der Waals surface area contributed by atoms with Gasteiger partial charge >= 0.3 is 0 Å². The number of aromatic nitrogens is 2. The summed E-state index contributed by atoms with van der Waals surface area (Å²) in [7, 11) is 0. The highest BCUT2D eigenvalue weighted by molar-refractivity contribution is 14.1. The van der Waals surface area contributed by atoms with Gasteiger partial charge in [-0.05, 0) is 0 Å². The maximum atomic E-state index is 9.96. The van der Waals surface area contributed by atoms with Gasteiger partial charge in [-0.1, -0.05) is 0 Å². The van der Waals surface area contributed by atoms with Crippen LogP contribution in [0.2, 0.25) is 0 Å². The van der Waals surface area contributed by atoms with Crippen molar-refractivity contribution in [2.45, 2.75) is 0 Å². The molecule has 8 heavy (non-hydrogen) atoms. The van der Waals surface area contributed by atoms with Crippen LogP contribution >= 0.6 is 21.5 Å². The number of H-pyrrole nitrogens is 2. The first-order valence-electron chi connectivity index (χ1n) is 2.00. The largest absolute Gasteiger partial charge is 0.284 e. The first kappa shape index (κ1) is 5.67. The molecule has 0 saturated carbocycles. The monoisotopic (exact) mass is 226 g/mol. The van der Waals surface area contributed by atoms with Crippen LogP contribution in [-0.4, -0.2) is 5.10 Å². The standard InChI is InChI=1S/C3H4IN3O/c8-4-6-3-1-2-5-7-3/h1-2H,(H2,5,6,7,8)/p+1. The van der Waals surface area contributed by atoms with Crippen LogP contribution in [0.3, 0.4) is 0 Å². The minimum Gasteiger partial charge on any atom is -0.284 e. The number of hydrogen-bond donors (Lipinski definition) is 2. The number of aromatic amines is 2. The van der Waals surface area contributed by atoms with Gasteiger partial charge in [0.25, 0.3) is 21.5 Å². The Bertz CT molecular complexity index is 161. The van der Waals surface area contributed by atoms with Crippen LogP contribution in [0, 0.1) is 0 Å². The van der Waals surface area contributed by atoms with Crippen molar-refractivity contribution in [1.29, 1.82) is 0 Å². The molecule has 0 aromatic carbocycles. The molecular weight excluding hydrogens is 221 g/mol. The average Bonchev–Trinajstić information content (AvgIpc) is 2.19. The fourth-order valence-electron chi connectivity index (χ4n) is 0.383. The van der Waals surface area contributed by atoms with Gasteiger partial charge in [0, 0.05) is 0 Å². The Hall–Kier alpha value is -0.460. The first-order chi connectivity index (χ1) is 3.93. The summed E-state index contributed by atoms with van der Waals surface area (Å²) in [5, 5.41) is 5.44. The Morgan fingerprint density at radius 1 is 1.88 bits per heavy atom. The van der Waals surface area contributed by atoms with Gasteiger partial charge in [-0.25, -0.2) is 3.07 Å². The predicted molar refractivity (Wildman–Crippen MR) is 35.7 cm³/mol. The van der Waals surface area contributed by atoms with Crippen molar-refractivity contribution in [2.75, 3.05) is 3.53 Å². The van der Waals surface area contributed by atoms with E-state index in [0.717, 1.165) is 5.82 Å². The van der Waals surface area contributed by atoms with Crippen molar-refractivity contribution < 1.29 is 8.17 Å². The van der Waals surface area contributed by atoms with Crippen molar-refractivity contribution in [3.05, 3.63) is 12.3 Å². The first-order valence-corrected chi connectivity index (χ1v) is 3.96. The molecule has 1 heterocycles. The normalized spacial score (nSPS) is 9.00. The summed E-state index contributed by atoms with van der Waals surface area (Å²) in [6, 6.07) is 1.78. The molecule has 0 fully saturated rings. The van der Waals surface area contributed by atoms with E-state index in [1.54, 1.807) is 12.3 Å². The molecule has 5 heteroatoms. The van der Waals surface area contributed by atoms with E-state index < -0.39 is 21.5 Å². The zero-order valence-corrected chi connectivity index (χ0v) is 6.10. The third-order valence-electron chi connectivity index (χ3n) is 0.681. The zero-order valence-electron chi connectivity index (χ0n) is 3.94. The second-order valence-electron chi connectivity index (χ2n) is 1.19. The minimum atomic E-state index is -1.10. The number of nitrogens with one attached hydrogen (secondary N) is 3. The van der Waals surface area contributed by atoms with E-state index in [9.17, 15) is 3.07 Å². The Labute approximate surface area is 56.7 Å². The Morgan fingerprint density at radius 3 is 3.25 bits per heavy atom. The van der Waals surface area contributed by atoms with Gasteiger partial charge in [-0.2, -0.15) is 5.10 Å². The quantitative estimate of drug-likeness (QED) is 0.568. The lowest BCUT2D eigenvalue weighted by Crippen LogP contribution is -1.98. The van der Waals surface area contributed by atoms with Crippen LogP contribution in [0.4, 0.5) is 5.82 Å². The molecule has 0 aliphatic rings. The van der Waals surface area contributed by atoms with E-state index in [1.807, 2.05) is 0 Å². The molecule has 0 atom stereocenters. The third-order valence-corrected chi connectivity index (χ3v) is 1.48. The van der Waals surface area contributed by atoms with E-state index in [1.165, 1.54) is 0 Å². The van der Waals surface area contributed by atoms with E-state index in [2.05, 4.69) is 13.7 Å². The van der Waals surface area contributed by atoms with Gasteiger partial charge in [0.05, 0.1) is 6.07 Å². The number of anilines is 1. The summed E-state index contributed by atoms with van der Waals surface area (Å²) in [6.45, 7) is 0. The molecule has 0 aliphatic carbocycles. The smallest absolute Gasteiger partial charge is 0.272 e.